The number of carbonyl (C=O) groups is 1. The Balaban J connectivity index is 1.51. The summed E-state index contributed by atoms with van der Waals surface area (Å²) in [4.78, 5) is 21.5. The van der Waals surface area contributed by atoms with Crippen molar-refractivity contribution >= 4 is 5.91 Å². The molecule has 2 saturated heterocycles. The van der Waals surface area contributed by atoms with Gasteiger partial charge in [0, 0.05) is 38.5 Å². The molecule has 3 rings (SSSR count). The number of pyridine rings is 1. The molecule has 1 aromatic heterocycles. The predicted molar refractivity (Wildman–Crippen MR) is 93.5 cm³/mol. The van der Waals surface area contributed by atoms with Gasteiger partial charge in [0.1, 0.15) is 6.10 Å². The summed E-state index contributed by atoms with van der Waals surface area (Å²) < 4.78 is 5.68. The Hall–Kier alpha value is -1.46. The number of hydrogen-bond acceptors (Lipinski definition) is 4. The van der Waals surface area contributed by atoms with Crippen molar-refractivity contribution in [1.82, 2.24) is 14.8 Å². The van der Waals surface area contributed by atoms with Crippen molar-refractivity contribution in [2.75, 3.05) is 26.7 Å². The highest BCUT2D eigenvalue weighted by Gasteiger charge is 2.29. The molecule has 2 aliphatic rings. The second-order valence-electron chi connectivity index (χ2n) is 7.00. The van der Waals surface area contributed by atoms with Crippen molar-refractivity contribution in [1.29, 1.82) is 0 Å². The molecule has 0 spiro atoms. The molecule has 1 aromatic rings. The van der Waals surface area contributed by atoms with Crippen molar-refractivity contribution in [2.45, 2.75) is 57.2 Å². The third kappa shape index (κ3) is 4.54. The topological polar surface area (TPSA) is 45.7 Å². The Morgan fingerprint density at radius 1 is 1.25 bits per heavy atom. The van der Waals surface area contributed by atoms with Gasteiger partial charge in [-0.3, -0.25) is 14.7 Å². The van der Waals surface area contributed by atoms with Crippen LogP contribution in [0.15, 0.2) is 24.4 Å². The minimum absolute atomic E-state index is 0.193. The molecule has 0 N–H and O–H groups in total. The maximum atomic E-state index is 12.7. The van der Waals surface area contributed by atoms with Gasteiger partial charge < -0.3 is 9.64 Å². The molecule has 2 aliphatic heterocycles. The van der Waals surface area contributed by atoms with Crippen LogP contribution in [0.3, 0.4) is 0 Å². The monoisotopic (exact) mass is 331 g/mol. The average molecular weight is 331 g/mol. The van der Waals surface area contributed by atoms with E-state index in [1.165, 1.54) is 0 Å². The first-order valence-corrected chi connectivity index (χ1v) is 9.24. The summed E-state index contributed by atoms with van der Waals surface area (Å²) in [6.07, 6.45) is 7.97. The third-order valence-electron chi connectivity index (χ3n) is 5.23. The van der Waals surface area contributed by atoms with Crippen LogP contribution in [0.1, 0.15) is 44.2 Å². The molecular weight excluding hydrogens is 302 g/mol. The van der Waals surface area contributed by atoms with Crippen molar-refractivity contribution < 1.29 is 9.53 Å². The van der Waals surface area contributed by atoms with Crippen molar-refractivity contribution in [3.05, 3.63) is 30.1 Å². The fraction of sp³-hybridized carbons (Fsp3) is 0.684. The molecule has 132 valence electrons. The Morgan fingerprint density at radius 2 is 2.17 bits per heavy atom. The Bertz CT molecular complexity index is 517. The van der Waals surface area contributed by atoms with Crippen molar-refractivity contribution in [2.24, 2.45) is 0 Å². The maximum absolute atomic E-state index is 12.7. The highest BCUT2D eigenvalue weighted by atomic mass is 16.5. The van der Waals surface area contributed by atoms with Crippen LogP contribution in [0.5, 0.6) is 0 Å². The van der Waals surface area contributed by atoms with Crippen LogP contribution in [-0.2, 0) is 16.1 Å². The van der Waals surface area contributed by atoms with Gasteiger partial charge in [-0.15, -0.1) is 0 Å². The third-order valence-corrected chi connectivity index (χ3v) is 5.23. The highest BCUT2D eigenvalue weighted by Crippen LogP contribution is 2.20. The summed E-state index contributed by atoms with van der Waals surface area (Å²) in [5.41, 5.74) is 1.10. The molecular formula is C19H29N3O2. The molecule has 0 aromatic carbocycles. The van der Waals surface area contributed by atoms with Crippen LogP contribution in [0.2, 0.25) is 0 Å². The zero-order chi connectivity index (χ0) is 16.8. The summed E-state index contributed by atoms with van der Waals surface area (Å²) in [5.74, 6) is 0.211. The summed E-state index contributed by atoms with van der Waals surface area (Å²) in [5, 5.41) is 0. The van der Waals surface area contributed by atoms with Crippen LogP contribution in [0, 0.1) is 0 Å². The van der Waals surface area contributed by atoms with Crippen LogP contribution in [0.4, 0.5) is 0 Å². The molecule has 5 heteroatoms. The number of rotatable bonds is 4. The van der Waals surface area contributed by atoms with Crippen LogP contribution in [0.25, 0.3) is 0 Å². The highest BCUT2D eigenvalue weighted by molar-refractivity contribution is 5.81. The van der Waals surface area contributed by atoms with Crippen LogP contribution >= 0.6 is 0 Å². The molecule has 2 atom stereocenters. The molecule has 0 bridgehead atoms. The van der Waals surface area contributed by atoms with Crippen LogP contribution in [-0.4, -0.2) is 59.6 Å². The number of hydrogen-bond donors (Lipinski definition) is 0. The van der Waals surface area contributed by atoms with E-state index in [2.05, 4.69) is 23.0 Å². The summed E-state index contributed by atoms with van der Waals surface area (Å²) in [7, 11) is 2.17. The van der Waals surface area contributed by atoms with E-state index in [1.54, 1.807) is 0 Å². The lowest BCUT2D eigenvalue weighted by molar-refractivity contribution is -0.146. The summed E-state index contributed by atoms with van der Waals surface area (Å²) in [6, 6.07) is 6.57. The summed E-state index contributed by atoms with van der Waals surface area (Å²) >= 11 is 0. The lowest BCUT2D eigenvalue weighted by Gasteiger charge is -2.29. The van der Waals surface area contributed by atoms with E-state index in [-0.39, 0.29) is 12.0 Å². The van der Waals surface area contributed by atoms with Gasteiger partial charge >= 0.3 is 0 Å². The number of likely N-dealkylation sites (tertiary alicyclic amines) is 1. The molecule has 24 heavy (non-hydrogen) atoms. The minimum atomic E-state index is -0.193. The van der Waals surface area contributed by atoms with Crippen molar-refractivity contribution in [3.8, 4) is 0 Å². The first-order valence-electron chi connectivity index (χ1n) is 9.24. The second kappa shape index (κ2) is 8.58. The fourth-order valence-corrected chi connectivity index (χ4v) is 3.76. The average Bonchev–Trinajstić information content (AvgIpc) is 2.89. The molecule has 0 unspecified atom stereocenters. The van der Waals surface area contributed by atoms with E-state index < -0.39 is 0 Å². The predicted octanol–water partition coefficient (Wildman–Crippen LogP) is 2.46. The van der Waals surface area contributed by atoms with E-state index >= 15 is 0 Å². The number of aromatic nitrogens is 1. The number of nitrogens with zero attached hydrogens (tertiary/aromatic N) is 3. The number of ether oxygens (including phenoxy) is 1. The van der Waals surface area contributed by atoms with Gasteiger partial charge in [-0.1, -0.05) is 6.07 Å². The quantitative estimate of drug-likeness (QED) is 0.850. The normalized spacial score (nSPS) is 25.5. The smallest absolute Gasteiger partial charge is 0.251 e. The first kappa shape index (κ1) is 17.4. The minimum Gasteiger partial charge on any atom is -0.368 e. The van der Waals surface area contributed by atoms with Crippen LogP contribution < -0.4 is 0 Å². The number of carbonyl (C=O) groups excluding carboxylic acids is 1. The van der Waals surface area contributed by atoms with Gasteiger partial charge in [0.2, 0.25) is 0 Å². The Labute approximate surface area is 145 Å². The largest absolute Gasteiger partial charge is 0.368 e. The van der Waals surface area contributed by atoms with Gasteiger partial charge in [0.15, 0.2) is 0 Å². The molecule has 0 saturated carbocycles. The van der Waals surface area contributed by atoms with E-state index in [0.29, 0.717) is 6.04 Å². The Morgan fingerprint density at radius 3 is 2.92 bits per heavy atom. The molecule has 5 nitrogen and oxygen atoms in total. The molecule has 3 heterocycles. The molecule has 0 radical (unpaired) electrons. The maximum Gasteiger partial charge on any atom is 0.251 e. The van der Waals surface area contributed by atoms with E-state index in [4.69, 9.17) is 4.74 Å². The van der Waals surface area contributed by atoms with Gasteiger partial charge in [0.05, 0.1) is 5.69 Å². The van der Waals surface area contributed by atoms with Gasteiger partial charge in [0.25, 0.3) is 5.91 Å². The zero-order valence-corrected chi connectivity index (χ0v) is 14.7. The van der Waals surface area contributed by atoms with Gasteiger partial charge in [-0.25, -0.2) is 0 Å². The lowest BCUT2D eigenvalue weighted by Crippen LogP contribution is -2.42. The van der Waals surface area contributed by atoms with Gasteiger partial charge in [-0.05, 0) is 57.7 Å². The summed E-state index contributed by atoms with van der Waals surface area (Å²) in [6.45, 7) is 3.31. The first-order chi connectivity index (χ1) is 11.7. The standard InChI is InChI=1S/C19H29N3O2/c1-21(15-16-7-2-4-11-20-16)17-8-6-12-22(13-10-17)19(23)18-9-3-5-14-24-18/h2,4,7,11,17-18H,3,5-6,8-10,12-15H2,1H3/t17-,18-/m1/s1. The van der Waals surface area contributed by atoms with E-state index in [9.17, 15) is 4.79 Å². The van der Waals surface area contributed by atoms with E-state index in [0.717, 1.165) is 70.5 Å². The zero-order valence-electron chi connectivity index (χ0n) is 14.7. The molecule has 0 aliphatic carbocycles. The van der Waals surface area contributed by atoms with Gasteiger partial charge in [-0.2, -0.15) is 0 Å². The SMILES string of the molecule is CN(Cc1ccccn1)[C@@H]1CCCN(C(=O)[C@H]2CCCCO2)CC1. The lowest BCUT2D eigenvalue weighted by atomic mass is 10.1. The van der Waals surface area contributed by atoms with Crippen molar-refractivity contribution in [3.63, 3.8) is 0 Å². The molecule has 1 amide bonds. The fourth-order valence-electron chi connectivity index (χ4n) is 3.76. The number of amides is 1. The second-order valence-corrected chi connectivity index (χ2v) is 7.00. The van der Waals surface area contributed by atoms with E-state index in [1.807, 2.05) is 23.2 Å². The molecule has 2 fully saturated rings. The Kier molecular flexibility index (Phi) is 6.21.